The summed E-state index contributed by atoms with van der Waals surface area (Å²) in [6.45, 7) is 5.05. The van der Waals surface area contributed by atoms with Crippen molar-refractivity contribution in [2.75, 3.05) is 13.1 Å². The lowest BCUT2D eigenvalue weighted by Crippen LogP contribution is -2.27. The Morgan fingerprint density at radius 1 is 1.73 bits per heavy atom. The van der Waals surface area contributed by atoms with Crippen LogP contribution < -0.4 is 5.73 Å². The number of hydrogen-bond donors (Lipinski definition) is 1. The Kier molecular flexibility index (Phi) is 3.61. The molecule has 1 fully saturated rings. The minimum Gasteiger partial charge on any atom is -0.330 e. The first kappa shape index (κ1) is 11.3. The van der Waals surface area contributed by atoms with E-state index in [1.807, 2.05) is 0 Å². The summed E-state index contributed by atoms with van der Waals surface area (Å²) in [6.07, 6.45) is 2.93. The molecule has 2 rings (SSSR count). The SMILES string of the molecule is CC1CC(CN)CN1Cc1ncc(Cl)s1. The Labute approximate surface area is 99.2 Å². The standard InChI is InChI=1S/C10H16ClN3S/c1-7-2-8(3-12)5-14(7)6-10-13-4-9(11)15-10/h4,7-8H,2-3,5-6,12H2,1H3. The van der Waals surface area contributed by atoms with Crippen molar-refractivity contribution >= 4 is 22.9 Å². The predicted molar refractivity (Wildman–Crippen MR) is 64.2 cm³/mol. The van der Waals surface area contributed by atoms with E-state index in [1.54, 1.807) is 17.5 Å². The van der Waals surface area contributed by atoms with Crippen LogP contribution in [-0.2, 0) is 6.54 Å². The summed E-state index contributed by atoms with van der Waals surface area (Å²) >= 11 is 7.42. The third-order valence-corrected chi connectivity index (χ3v) is 4.09. The van der Waals surface area contributed by atoms with E-state index < -0.39 is 0 Å². The van der Waals surface area contributed by atoms with Crippen LogP contribution in [-0.4, -0.2) is 29.0 Å². The van der Waals surface area contributed by atoms with Crippen molar-refractivity contribution in [1.29, 1.82) is 0 Å². The first-order chi connectivity index (χ1) is 7.19. The molecule has 2 heterocycles. The van der Waals surface area contributed by atoms with Gasteiger partial charge < -0.3 is 5.73 Å². The Balaban J connectivity index is 1.95. The van der Waals surface area contributed by atoms with Gasteiger partial charge in [0.15, 0.2) is 0 Å². The summed E-state index contributed by atoms with van der Waals surface area (Å²) in [5.41, 5.74) is 5.69. The van der Waals surface area contributed by atoms with Crippen LogP contribution in [0.4, 0.5) is 0 Å². The molecule has 1 aliphatic heterocycles. The van der Waals surface area contributed by atoms with Gasteiger partial charge in [-0.3, -0.25) is 4.90 Å². The maximum Gasteiger partial charge on any atom is 0.113 e. The molecule has 0 bridgehead atoms. The number of rotatable bonds is 3. The Morgan fingerprint density at radius 2 is 2.53 bits per heavy atom. The van der Waals surface area contributed by atoms with Gasteiger partial charge >= 0.3 is 0 Å². The molecule has 1 saturated heterocycles. The zero-order valence-corrected chi connectivity index (χ0v) is 10.4. The molecular weight excluding hydrogens is 230 g/mol. The van der Waals surface area contributed by atoms with Gasteiger partial charge in [0.25, 0.3) is 0 Å². The molecule has 1 aliphatic rings. The summed E-state index contributed by atoms with van der Waals surface area (Å²) < 4.78 is 0.771. The average molecular weight is 246 g/mol. The van der Waals surface area contributed by atoms with Crippen LogP contribution in [0.1, 0.15) is 18.4 Å². The van der Waals surface area contributed by atoms with Crippen LogP contribution in [0.2, 0.25) is 4.34 Å². The smallest absolute Gasteiger partial charge is 0.113 e. The largest absolute Gasteiger partial charge is 0.330 e. The number of thiazole rings is 1. The summed E-state index contributed by atoms with van der Waals surface area (Å²) in [7, 11) is 0. The van der Waals surface area contributed by atoms with Gasteiger partial charge in [0.2, 0.25) is 0 Å². The van der Waals surface area contributed by atoms with Gasteiger partial charge in [-0.15, -0.1) is 11.3 Å². The van der Waals surface area contributed by atoms with E-state index in [-0.39, 0.29) is 0 Å². The third-order valence-electron chi connectivity index (χ3n) is 2.99. The van der Waals surface area contributed by atoms with Gasteiger partial charge in [-0.05, 0) is 25.8 Å². The van der Waals surface area contributed by atoms with E-state index in [9.17, 15) is 0 Å². The van der Waals surface area contributed by atoms with Gasteiger partial charge in [-0.2, -0.15) is 0 Å². The highest BCUT2D eigenvalue weighted by Gasteiger charge is 2.28. The van der Waals surface area contributed by atoms with Gasteiger partial charge in [-0.25, -0.2) is 4.98 Å². The van der Waals surface area contributed by atoms with Crippen molar-refractivity contribution < 1.29 is 0 Å². The van der Waals surface area contributed by atoms with E-state index >= 15 is 0 Å². The van der Waals surface area contributed by atoms with Crippen molar-refractivity contribution in [3.8, 4) is 0 Å². The molecule has 0 aromatic carbocycles. The zero-order chi connectivity index (χ0) is 10.8. The van der Waals surface area contributed by atoms with E-state index in [4.69, 9.17) is 17.3 Å². The fraction of sp³-hybridized carbons (Fsp3) is 0.700. The molecule has 1 aromatic heterocycles. The lowest BCUT2D eigenvalue weighted by Gasteiger charge is -2.19. The van der Waals surface area contributed by atoms with E-state index in [0.29, 0.717) is 12.0 Å². The first-order valence-electron chi connectivity index (χ1n) is 5.23. The fourth-order valence-corrected chi connectivity index (χ4v) is 3.13. The zero-order valence-electron chi connectivity index (χ0n) is 8.82. The summed E-state index contributed by atoms with van der Waals surface area (Å²) in [5.74, 6) is 0.649. The Morgan fingerprint density at radius 3 is 3.07 bits per heavy atom. The molecule has 0 aliphatic carbocycles. The second-order valence-electron chi connectivity index (χ2n) is 4.17. The molecule has 0 spiro atoms. The number of likely N-dealkylation sites (tertiary alicyclic amines) is 1. The van der Waals surface area contributed by atoms with Gasteiger partial charge in [0, 0.05) is 12.6 Å². The van der Waals surface area contributed by atoms with Crippen LogP contribution in [0.3, 0.4) is 0 Å². The number of hydrogen-bond acceptors (Lipinski definition) is 4. The van der Waals surface area contributed by atoms with E-state index in [0.717, 1.165) is 29.0 Å². The Bertz CT molecular complexity index is 328. The monoisotopic (exact) mass is 245 g/mol. The van der Waals surface area contributed by atoms with Crippen LogP contribution in [0.25, 0.3) is 0 Å². The number of nitrogens with two attached hydrogens (primary N) is 1. The van der Waals surface area contributed by atoms with Crippen LogP contribution in [0, 0.1) is 5.92 Å². The fourth-order valence-electron chi connectivity index (χ4n) is 2.14. The summed E-state index contributed by atoms with van der Waals surface area (Å²) in [6, 6.07) is 0.612. The molecule has 5 heteroatoms. The normalized spacial score (nSPS) is 27.4. The topological polar surface area (TPSA) is 42.1 Å². The molecule has 15 heavy (non-hydrogen) atoms. The molecule has 0 amide bonds. The van der Waals surface area contributed by atoms with Gasteiger partial charge in [0.1, 0.15) is 9.34 Å². The van der Waals surface area contributed by atoms with Gasteiger partial charge in [-0.1, -0.05) is 11.6 Å². The second-order valence-corrected chi connectivity index (χ2v) is 5.92. The predicted octanol–water partition coefficient (Wildman–Crippen LogP) is 1.97. The Hall–Kier alpha value is -0.160. The highest BCUT2D eigenvalue weighted by Crippen LogP contribution is 2.26. The van der Waals surface area contributed by atoms with E-state index in [2.05, 4.69) is 16.8 Å². The van der Waals surface area contributed by atoms with Crippen LogP contribution in [0.5, 0.6) is 0 Å². The maximum absolute atomic E-state index is 5.86. The van der Waals surface area contributed by atoms with Crippen LogP contribution >= 0.6 is 22.9 Å². The molecule has 84 valence electrons. The lowest BCUT2D eigenvalue weighted by molar-refractivity contribution is 0.255. The first-order valence-corrected chi connectivity index (χ1v) is 6.42. The molecule has 2 unspecified atom stereocenters. The van der Waals surface area contributed by atoms with Crippen molar-refractivity contribution in [3.05, 3.63) is 15.5 Å². The number of nitrogens with zero attached hydrogens (tertiary/aromatic N) is 2. The highest BCUT2D eigenvalue weighted by molar-refractivity contribution is 7.15. The summed E-state index contributed by atoms with van der Waals surface area (Å²) in [5, 5.41) is 1.10. The maximum atomic E-state index is 5.86. The van der Waals surface area contributed by atoms with Crippen molar-refractivity contribution in [2.24, 2.45) is 11.7 Å². The van der Waals surface area contributed by atoms with Crippen molar-refractivity contribution in [3.63, 3.8) is 0 Å². The second kappa shape index (κ2) is 4.78. The molecule has 3 nitrogen and oxygen atoms in total. The van der Waals surface area contributed by atoms with Crippen molar-refractivity contribution in [2.45, 2.75) is 25.9 Å². The summed E-state index contributed by atoms with van der Waals surface area (Å²) in [4.78, 5) is 6.72. The minimum absolute atomic E-state index is 0.612. The lowest BCUT2D eigenvalue weighted by atomic mass is 10.1. The highest BCUT2D eigenvalue weighted by atomic mass is 35.5. The van der Waals surface area contributed by atoms with E-state index in [1.165, 1.54) is 6.42 Å². The molecule has 0 saturated carbocycles. The van der Waals surface area contributed by atoms with Gasteiger partial charge in [0.05, 0.1) is 12.7 Å². The van der Waals surface area contributed by atoms with Crippen molar-refractivity contribution in [1.82, 2.24) is 9.88 Å². The quantitative estimate of drug-likeness (QED) is 0.886. The number of aromatic nitrogens is 1. The molecular formula is C10H16ClN3S. The molecule has 2 atom stereocenters. The molecule has 2 N–H and O–H groups in total. The molecule has 0 radical (unpaired) electrons. The number of halogens is 1. The third kappa shape index (κ3) is 2.69. The molecule has 1 aromatic rings. The van der Waals surface area contributed by atoms with Crippen LogP contribution in [0.15, 0.2) is 6.20 Å². The minimum atomic E-state index is 0.612. The average Bonchev–Trinajstić information content (AvgIpc) is 2.75.